The van der Waals surface area contributed by atoms with Crippen LogP contribution in [0.4, 0.5) is 11.4 Å². The number of amides is 2. The molecule has 24 heavy (non-hydrogen) atoms. The van der Waals surface area contributed by atoms with Crippen LogP contribution in [0.2, 0.25) is 0 Å². The Morgan fingerprint density at radius 1 is 1.21 bits per heavy atom. The van der Waals surface area contributed by atoms with Gasteiger partial charge in [0.15, 0.2) is 0 Å². The lowest BCUT2D eigenvalue weighted by Crippen LogP contribution is -2.33. The molecule has 128 valence electrons. The summed E-state index contributed by atoms with van der Waals surface area (Å²) < 4.78 is 1.53. The molecule has 1 heterocycles. The summed E-state index contributed by atoms with van der Waals surface area (Å²) in [6.45, 7) is 8.16. The number of anilines is 2. The number of rotatable bonds is 5. The topological polar surface area (TPSA) is 67.2 Å². The zero-order valence-corrected chi connectivity index (χ0v) is 14.6. The molecule has 0 fully saturated rings. The van der Waals surface area contributed by atoms with Crippen molar-refractivity contribution in [3.63, 3.8) is 0 Å². The fourth-order valence-corrected chi connectivity index (χ4v) is 2.17. The van der Waals surface area contributed by atoms with Crippen LogP contribution < -0.4 is 10.2 Å². The van der Waals surface area contributed by atoms with E-state index < -0.39 is 5.41 Å². The Morgan fingerprint density at radius 2 is 1.88 bits per heavy atom. The van der Waals surface area contributed by atoms with E-state index >= 15 is 0 Å². The van der Waals surface area contributed by atoms with E-state index in [1.165, 1.54) is 4.68 Å². The molecule has 0 spiro atoms. The molecule has 0 saturated carbocycles. The van der Waals surface area contributed by atoms with E-state index in [9.17, 15) is 9.59 Å². The first-order valence-corrected chi connectivity index (χ1v) is 8.00. The lowest BCUT2D eigenvalue weighted by atomic mass is 9.96. The second kappa shape index (κ2) is 7.29. The monoisotopic (exact) mass is 328 g/mol. The van der Waals surface area contributed by atoms with E-state index in [2.05, 4.69) is 10.4 Å². The first kappa shape index (κ1) is 17.7. The normalized spacial score (nSPS) is 11.2. The van der Waals surface area contributed by atoms with Crippen molar-refractivity contribution in [3.8, 4) is 0 Å². The number of aromatic nitrogens is 2. The molecule has 2 amide bonds. The summed E-state index contributed by atoms with van der Waals surface area (Å²) in [5.41, 5.74) is 0.966. The first-order chi connectivity index (χ1) is 11.3. The molecular formula is C18H24N4O2. The highest BCUT2D eigenvalue weighted by Crippen LogP contribution is 2.17. The molecule has 1 aromatic heterocycles. The Hall–Kier alpha value is -2.63. The molecule has 6 heteroatoms. The van der Waals surface area contributed by atoms with Crippen LogP contribution in [0, 0.1) is 5.41 Å². The first-order valence-electron chi connectivity index (χ1n) is 8.00. The highest BCUT2D eigenvalue weighted by atomic mass is 16.2. The van der Waals surface area contributed by atoms with Gasteiger partial charge in [0.05, 0.1) is 11.9 Å². The minimum absolute atomic E-state index is 0.0551. The maximum absolute atomic E-state index is 12.5. The second-order valence-corrected chi connectivity index (χ2v) is 6.60. The lowest BCUT2D eigenvalue weighted by molar-refractivity contribution is -0.123. The van der Waals surface area contributed by atoms with Crippen molar-refractivity contribution in [2.24, 2.45) is 5.41 Å². The van der Waals surface area contributed by atoms with Crippen molar-refractivity contribution < 1.29 is 9.59 Å². The molecule has 0 aliphatic rings. The van der Waals surface area contributed by atoms with Gasteiger partial charge < -0.3 is 10.2 Å². The number of para-hydroxylation sites is 1. The summed E-state index contributed by atoms with van der Waals surface area (Å²) in [6, 6.07) is 9.52. The Morgan fingerprint density at radius 3 is 2.46 bits per heavy atom. The predicted molar refractivity (Wildman–Crippen MR) is 94.8 cm³/mol. The Labute approximate surface area is 142 Å². The van der Waals surface area contributed by atoms with Gasteiger partial charge in [0.25, 0.3) is 0 Å². The van der Waals surface area contributed by atoms with Crippen LogP contribution in [0.15, 0.2) is 42.7 Å². The van der Waals surface area contributed by atoms with E-state index in [1.807, 2.05) is 58.0 Å². The van der Waals surface area contributed by atoms with Crippen LogP contribution in [-0.2, 0) is 16.1 Å². The molecule has 0 bridgehead atoms. The molecule has 2 rings (SSSR count). The largest absolute Gasteiger partial charge is 0.323 e. The summed E-state index contributed by atoms with van der Waals surface area (Å²) in [5, 5.41) is 6.96. The third kappa shape index (κ3) is 4.44. The quantitative estimate of drug-likeness (QED) is 0.917. The zero-order chi connectivity index (χ0) is 17.7. The number of hydrogen-bond acceptors (Lipinski definition) is 3. The second-order valence-electron chi connectivity index (χ2n) is 6.60. The number of hydrogen-bond donors (Lipinski definition) is 1. The van der Waals surface area contributed by atoms with Gasteiger partial charge in [-0.25, -0.2) is 0 Å². The molecule has 0 aliphatic carbocycles. The van der Waals surface area contributed by atoms with Gasteiger partial charge in [0.1, 0.15) is 6.54 Å². The SMILES string of the molecule is CCN(C(=O)Cn1cc(NC(=O)C(C)(C)C)cn1)c1ccccc1. The summed E-state index contributed by atoms with van der Waals surface area (Å²) in [6.07, 6.45) is 3.22. The molecule has 1 aromatic carbocycles. The standard InChI is InChI=1S/C18H24N4O2/c1-5-22(15-9-7-6-8-10-15)16(23)13-21-12-14(11-19-21)20-17(24)18(2,3)4/h6-12H,5,13H2,1-4H3,(H,20,24). The number of carbonyl (C=O) groups excluding carboxylic acids is 2. The Kier molecular flexibility index (Phi) is 5.39. The highest BCUT2D eigenvalue weighted by molar-refractivity contribution is 5.95. The van der Waals surface area contributed by atoms with Gasteiger partial charge in [0, 0.05) is 23.8 Å². The van der Waals surface area contributed by atoms with Gasteiger partial charge in [-0.2, -0.15) is 5.10 Å². The fraction of sp³-hybridized carbons (Fsp3) is 0.389. The van der Waals surface area contributed by atoms with Crippen molar-refractivity contribution >= 4 is 23.2 Å². The van der Waals surface area contributed by atoms with E-state index in [-0.39, 0.29) is 18.4 Å². The summed E-state index contributed by atoms with van der Waals surface area (Å²) in [4.78, 5) is 26.2. The average molecular weight is 328 g/mol. The van der Waals surface area contributed by atoms with Gasteiger partial charge in [-0.15, -0.1) is 0 Å². The van der Waals surface area contributed by atoms with Gasteiger partial charge in [-0.05, 0) is 19.1 Å². The minimum atomic E-state index is -0.482. The molecular weight excluding hydrogens is 304 g/mol. The highest BCUT2D eigenvalue weighted by Gasteiger charge is 2.22. The van der Waals surface area contributed by atoms with Crippen LogP contribution in [0.5, 0.6) is 0 Å². The van der Waals surface area contributed by atoms with Crippen LogP contribution in [0.25, 0.3) is 0 Å². The molecule has 1 N–H and O–H groups in total. The number of carbonyl (C=O) groups is 2. The molecule has 0 unspecified atom stereocenters. The zero-order valence-electron chi connectivity index (χ0n) is 14.6. The smallest absolute Gasteiger partial charge is 0.248 e. The Balaban J connectivity index is 2.03. The van der Waals surface area contributed by atoms with Gasteiger partial charge in [-0.1, -0.05) is 39.0 Å². The van der Waals surface area contributed by atoms with Gasteiger partial charge in [-0.3, -0.25) is 14.3 Å². The summed E-state index contributed by atoms with van der Waals surface area (Å²) in [7, 11) is 0. The van der Waals surface area contributed by atoms with Crippen LogP contribution in [0.1, 0.15) is 27.7 Å². The number of nitrogens with one attached hydrogen (secondary N) is 1. The fourth-order valence-electron chi connectivity index (χ4n) is 2.17. The molecule has 0 aliphatic heterocycles. The van der Waals surface area contributed by atoms with Crippen molar-refractivity contribution in [2.75, 3.05) is 16.8 Å². The minimum Gasteiger partial charge on any atom is -0.323 e. The predicted octanol–water partition coefficient (Wildman–Crippen LogP) is 2.92. The average Bonchev–Trinajstić information content (AvgIpc) is 2.95. The lowest BCUT2D eigenvalue weighted by Gasteiger charge is -2.20. The van der Waals surface area contributed by atoms with Crippen LogP contribution in [0.3, 0.4) is 0 Å². The van der Waals surface area contributed by atoms with Crippen molar-refractivity contribution in [1.29, 1.82) is 0 Å². The molecule has 0 atom stereocenters. The molecule has 6 nitrogen and oxygen atoms in total. The van der Waals surface area contributed by atoms with E-state index in [1.54, 1.807) is 17.3 Å². The maximum atomic E-state index is 12.5. The maximum Gasteiger partial charge on any atom is 0.248 e. The molecule has 0 radical (unpaired) electrons. The number of likely N-dealkylation sites (N-methyl/N-ethyl adjacent to an activating group) is 1. The summed E-state index contributed by atoms with van der Waals surface area (Å²) >= 11 is 0. The molecule has 2 aromatic rings. The van der Waals surface area contributed by atoms with Gasteiger partial charge >= 0.3 is 0 Å². The summed E-state index contributed by atoms with van der Waals surface area (Å²) in [5.74, 6) is -0.145. The van der Waals surface area contributed by atoms with E-state index in [0.29, 0.717) is 12.2 Å². The Bertz CT molecular complexity index is 701. The third-order valence-corrected chi connectivity index (χ3v) is 3.55. The van der Waals surface area contributed by atoms with E-state index in [4.69, 9.17) is 0 Å². The number of benzene rings is 1. The molecule has 0 saturated heterocycles. The van der Waals surface area contributed by atoms with Crippen LogP contribution in [-0.4, -0.2) is 28.1 Å². The third-order valence-electron chi connectivity index (χ3n) is 3.55. The van der Waals surface area contributed by atoms with Crippen molar-refractivity contribution in [1.82, 2.24) is 9.78 Å². The van der Waals surface area contributed by atoms with Crippen molar-refractivity contribution in [2.45, 2.75) is 34.2 Å². The van der Waals surface area contributed by atoms with E-state index in [0.717, 1.165) is 5.69 Å². The number of nitrogens with zero attached hydrogens (tertiary/aromatic N) is 3. The van der Waals surface area contributed by atoms with Gasteiger partial charge in [0.2, 0.25) is 11.8 Å². The van der Waals surface area contributed by atoms with Crippen LogP contribution >= 0.6 is 0 Å². The van der Waals surface area contributed by atoms with Crippen molar-refractivity contribution in [3.05, 3.63) is 42.7 Å².